The summed E-state index contributed by atoms with van der Waals surface area (Å²) in [6.45, 7) is 2.66. The Kier molecular flexibility index (Phi) is 11.1. The zero-order valence-electron chi connectivity index (χ0n) is 23.1. The molecule has 4 fully saturated rings. The van der Waals surface area contributed by atoms with Gasteiger partial charge in [-0.3, -0.25) is 10.1 Å². The number of nitrogens with zero attached hydrogens (tertiary/aromatic N) is 3. The van der Waals surface area contributed by atoms with Crippen molar-refractivity contribution in [1.29, 1.82) is 5.26 Å². The molecule has 9 heteroatoms. The maximum atomic E-state index is 13.8. The molecule has 0 bridgehead atoms. The summed E-state index contributed by atoms with van der Waals surface area (Å²) < 4.78 is 11.0. The second-order valence-electron chi connectivity index (χ2n) is 11.8. The number of rotatable bonds is 8. The Bertz CT molecular complexity index is 832. The molecule has 0 aromatic rings. The highest BCUT2D eigenvalue weighted by Gasteiger charge is 2.35. The second kappa shape index (κ2) is 14.7. The number of hydrogen-bond acceptors (Lipinski definition) is 6. The van der Waals surface area contributed by atoms with Crippen LogP contribution < -0.4 is 10.6 Å². The number of alkyl carbamates (subject to hydrolysis) is 1. The van der Waals surface area contributed by atoms with Crippen LogP contribution in [0.2, 0.25) is 0 Å². The van der Waals surface area contributed by atoms with E-state index < -0.39 is 17.7 Å². The molecule has 9 nitrogen and oxygen atoms in total. The Morgan fingerprint density at radius 3 is 2.26 bits per heavy atom. The van der Waals surface area contributed by atoms with Crippen molar-refractivity contribution in [2.75, 3.05) is 32.9 Å². The molecular formula is C29H47N5O4. The van der Waals surface area contributed by atoms with E-state index in [1.165, 1.54) is 38.5 Å². The van der Waals surface area contributed by atoms with Crippen LogP contribution in [-0.4, -0.2) is 67.4 Å². The molecule has 0 radical (unpaired) electrons. The number of carbonyl (C=O) groups is 2. The summed E-state index contributed by atoms with van der Waals surface area (Å²) in [6, 6.07) is 1.77. The molecule has 1 unspecified atom stereocenters. The van der Waals surface area contributed by atoms with E-state index in [1.807, 2.05) is 4.90 Å². The van der Waals surface area contributed by atoms with Gasteiger partial charge in [0.2, 0.25) is 11.9 Å². The third-order valence-corrected chi connectivity index (χ3v) is 8.89. The summed E-state index contributed by atoms with van der Waals surface area (Å²) >= 11 is 0. The Morgan fingerprint density at radius 1 is 0.974 bits per heavy atom. The summed E-state index contributed by atoms with van der Waals surface area (Å²) in [4.78, 5) is 33.4. The lowest BCUT2D eigenvalue weighted by molar-refractivity contribution is -0.124. The molecule has 3 aliphatic carbocycles. The van der Waals surface area contributed by atoms with Crippen LogP contribution >= 0.6 is 0 Å². The molecule has 4 aliphatic rings. The van der Waals surface area contributed by atoms with Gasteiger partial charge in [0.25, 0.3) is 0 Å². The van der Waals surface area contributed by atoms with Crippen LogP contribution in [0.5, 0.6) is 0 Å². The van der Waals surface area contributed by atoms with Crippen molar-refractivity contribution in [3.8, 4) is 6.07 Å². The monoisotopic (exact) mass is 529 g/mol. The van der Waals surface area contributed by atoms with Gasteiger partial charge in [0.05, 0.1) is 25.9 Å². The van der Waals surface area contributed by atoms with Gasteiger partial charge in [0.1, 0.15) is 11.6 Å². The number of hydrogen-bond donors (Lipinski definition) is 2. The zero-order chi connectivity index (χ0) is 26.6. The molecule has 212 valence electrons. The normalized spacial score (nSPS) is 23.9. The fraction of sp³-hybridized carbons (Fsp3) is 0.862. The first-order chi connectivity index (χ1) is 18.6. The highest BCUT2D eigenvalue weighted by molar-refractivity contribution is 5.96. The molecule has 38 heavy (non-hydrogen) atoms. The summed E-state index contributed by atoms with van der Waals surface area (Å²) in [5.41, 5.74) is -0.833. The largest absolute Gasteiger partial charge is 0.449 e. The number of guanidine groups is 1. The van der Waals surface area contributed by atoms with Gasteiger partial charge in [-0.05, 0) is 50.4 Å². The minimum Gasteiger partial charge on any atom is -0.449 e. The van der Waals surface area contributed by atoms with Gasteiger partial charge in [-0.15, -0.1) is 0 Å². The van der Waals surface area contributed by atoms with Gasteiger partial charge in [-0.25, -0.2) is 9.79 Å². The van der Waals surface area contributed by atoms with E-state index in [0.29, 0.717) is 70.0 Å². The number of morpholine rings is 1. The predicted molar refractivity (Wildman–Crippen MR) is 145 cm³/mol. The third kappa shape index (κ3) is 8.59. The molecule has 3 saturated carbocycles. The van der Waals surface area contributed by atoms with Crippen LogP contribution in [0.1, 0.15) is 103 Å². The minimum atomic E-state index is -0.833. The molecule has 2 amide bonds. The SMILES string of the molecule is N#CC1(NC(=O)C(CCC2CCCCC2)N=C(NC(=O)OCC2CCC2)N2CCOCC2)CCCCCC1. The number of aliphatic imine (C=N–C) groups is 1. The smallest absolute Gasteiger partial charge is 0.413 e. The Labute approximate surface area is 228 Å². The Balaban J connectivity index is 1.50. The molecule has 1 saturated heterocycles. The van der Waals surface area contributed by atoms with Crippen LogP contribution in [0, 0.1) is 23.2 Å². The number of ether oxygens (including phenoxy) is 2. The number of amides is 2. The van der Waals surface area contributed by atoms with E-state index in [2.05, 4.69) is 16.7 Å². The van der Waals surface area contributed by atoms with Crippen molar-refractivity contribution in [2.45, 2.75) is 114 Å². The first-order valence-corrected chi connectivity index (χ1v) is 15.1. The molecular weight excluding hydrogens is 482 g/mol. The highest BCUT2D eigenvalue weighted by Crippen LogP contribution is 2.30. The lowest BCUT2D eigenvalue weighted by atomic mass is 9.85. The molecule has 0 aromatic heterocycles. The van der Waals surface area contributed by atoms with Gasteiger partial charge >= 0.3 is 6.09 Å². The molecule has 1 heterocycles. The van der Waals surface area contributed by atoms with Crippen molar-refractivity contribution in [1.82, 2.24) is 15.5 Å². The van der Waals surface area contributed by atoms with Crippen molar-refractivity contribution >= 4 is 18.0 Å². The topological polar surface area (TPSA) is 116 Å². The van der Waals surface area contributed by atoms with Crippen molar-refractivity contribution in [3.63, 3.8) is 0 Å². The van der Waals surface area contributed by atoms with Crippen molar-refractivity contribution < 1.29 is 19.1 Å². The summed E-state index contributed by atoms with van der Waals surface area (Å²) in [5, 5.41) is 16.1. The first-order valence-electron chi connectivity index (χ1n) is 15.1. The van der Waals surface area contributed by atoms with Crippen molar-refractivity contribution in [2.24, 2.45) is 16.8 Å². The lowest BCUT2D eigenvalue weighted by Gasteiger charge is -2.32. The van der Waals surface area contributed by atoms with Gasteiger partial charge in [0, 0.05) is 13.1 Å². The molecule has 0 spiro atoms. The van der Waals surface area contributed by atoms with E-state index in [-0.39, 0.29) is 5.91 Å². The maximum Gasteiger partial charge on any atom is 0.413 e. The Hall–Kier alpha value is -2.34. The maximum absolute atomic E-state index is 13.8. The number of nitrogens with one attached hydrogen (secondary N) is 2. The van der Waals surface area contributed by atoms with Crippen LogP contribution in [0.15, 0.2) is 4.99 Å². The highest BCUT2D eigenvalue weighted by atomic mass is 16.5. The summed E-state index contributed by atoms with van der Waals surface area (Å²) in [6.07, 6.45) is 16.0. The number of nitriles is 1. The van der Waals surface area contributed by atoms with Crippen molar-refractivity contribution in [3.05, 3.63) is 0 Å². The third-order valence-electron chi connectivity index (χ3n) is 8.89. The van der Waals surface area contributed by atoms with Gasteiger partial charge in [-0.1, -0.05) is 64.2 Å². The minimum absolute atomic E-state index is 0.209. The summed E-state index contributed by atoms with van der Waals surface area (Å²) in [5.74, 6) is 1.21. The molecule has 1 aliphatic heterocycles. The molecule has 2 N–H and O–H groups in total. The zero-order valence-corrected chi connectivity index (χ0v) is 23.1. The van der Waals surface area contributed by atoms with Crippen LogP contribution in [0.4, 0.5) is 4.79 Å². The van der Waals surface area contributed by atoms with Crippen LogP contribution in [0.25, 0.3) is 0 Å². The standard InChI is InChI=1S/C29H47N5O4/c30-22-29(15-6-1-2-7-16-29)33-26(35)25(14-13-23-9-4-3-5-10-23)31-27(34-17-19-37-20-18-34)32-28(36)38-21-24-11-8-12-24/h23-25H,1-21H2,(H,33,35)(H,31,32,36). The van der Waals surface area contributed by atoms with E-state index in [4.69, 9.17) is 14.5 Å². The van der Waals surface area contributed by atoms with Gasteiger partial charge in [0.15, 0.2) is 0 Å². The summed E-state index contributed by atoms with van der Waals surface area (Å²) in [7, 11) is 0. The van der Waals surface area contributed by atoms with E-state index in [0.717, 1.165) is 44.9 Å². The average molecular weight is 530 g/mol. The fourth-order valence-corrected chi connectivity index (χ4v) is 6.14. The van der Waals surface area contributed by atoms with Gasteiger partial charge in [-0.2, -0.15) is 5.26 Å². The van der Waals surface area contributed by atoms with Crippen LogP contribution in [0.3, 0.4) is 0 Å². The lowest BCUT2D eigenvalue weighted by Crippen LogP contribution is -2.53. The fourth-order valence-electron chi connectivity index (χ4n) is 6.14. The van der Waals surface area contributed by atoms with E-state index in [1.54, 1.807) is 0 Å². The van der Waals surface area contributed by atoms with E-state index >= 15 is 0 Å². The van der Waals surface area contributed by atoms with Crippen LogP contribution in [-0.2, 0) is 14.3 Å². The van der Waals surface area contributed by atoms with E-state index in [9.17, 15) is 14.9 Å². The molecule has 1 atom stereocenters. The second-order valence-corrected chi connectivity index (χ2v) is 11.8. The quantitative estimate of drug-likeness (QED) is 0.268. The average Bonchev–Trinajstić information content (AvgIpc) is 3.16. The van der Waals surface area contributed by atoms with Gasteiger partial charge < -0.3 is 19.7 Å². The predicted octanol–water partition coefficient (Wildman–Crippen LogP) is 4.66. The number of carbonyl (C=O) groups excluding carboxylic acids is 2. The Morgan fingerprint density at radius 2 is 1.63 bits per heavy atom. The molecule has 0 aromatic carbocycles. The first kappa shape index (κ1) is 28.7. The molecule has 4 rings (SSSR count).